The maximum atomic E-state index is 13.5. The molecule has 2 atom stereocenters. The highest BCUT2D eigenvalue weighted by Gasteiger charge is 2.45. The molecule has 0 aromatic heterocycles. The Labute approximate surface area is 192 Å². The van der Waals surface area contributed by atoms with E-state index in [-0.39, 0.29) is 18.0 Å². The first-order valence-corrected chi connectivity index (χ1v) is 12.0. The van der Waals surface area contributed by atoms with Crippen LogP contribution in [0.25, 0.3) is 0 Å². The van der Waals surface area contributed by atoms with E-state index >= 15 is 0 Å². The van der Waals surface area contributed by atoms with E-state index in [4.69, 9.17) is 14.2 Å². The van der Waals surface area contributed by atoms with E-state index in [9.17, 15) is 4.39 Å². The number of benzene rings is 2. The number of fused-ring (bicyclic) bond motifs is 1. The topological polar surface area (TPSA) is 39.7 Å². The number of unbranched alkanes of at least 4 members (excludes halogenated alkanes) is 3. The molecule has 2 aromatic carbocycles. The summed E-state index contributed by atoms with van der Waals surface area (Å²) in [7, 11) is 0. The molecule has 0 amide bonds. The van der Waals surface area contributed by atoms with Crippen LogP contribution in [0.5, 0.6) is 5.75 Å². The molecule has 3 rings (SSSR count). The van der Waals surface area contributed by atoms with Gasteiger partial charge in [0.25, 0.3) is 0 Å². The molecular formula is C27H38FNO3. The minimum atomic E-state index is -0.493. The van der Waals surface area contributed by atoms with Gasteiger partial charge >= 0.3 is 0 Å². The Bertz CT molecular complexity index is 855. The molecule has 0 saturated heterocycles. The summed E-state index contributed by atoms with van der Waals surface area (Å²) in [4.78, 5) is 0. The second kappa shape index (κ2) is 11.7. The first kappa shape index (κ1) is 24.5. The molecule has 1 aliphatic rings. The zero-order chi connectivity index (χ0) is 23.0. The van der Waals surface area contributed by atoms with Crippen molar-refractivity contribution in [1.29, 1.82) is 0 Å². The third kappa shape index (κ3) is 6.46. The van der Waals surface area contributed by atoms with E-state index < -0.39 is 5.60 Å². The highest BCUT2D eigenvalue weighted by molar-refractivity contribution is 5.53. The average molecular weight is 444 g/mol. The van der Waals surface area contributed by atoms with Crippen LogP contribution in [0, 0.1) is 5.82 Å². The molecule has 2 unspecified atom stereocenters. The van der Waals surface area contributed by atoms with Crippen molar-refractivity contribution in [3.63, 3.8) is 0 Å². The highest BCUT2D eigenvalue weighted by atomic mass is 19.1. The molecule has 2 aromatic rings. The fraction of sp³-hybridized carbons (Fsp3) is 0.556. The summed E-state index contributed by atoms with van der Waals surface area (Å²) in [6, 6.07) is 12.7. The highest BCUT2D eigenvalue weighted by Crippen LogP contribution is 2.44. The van der Waals surface area contributed by atoms with Crippen molar-refractivity contribution in [2.45, 2.75) is 84.2 Å². The SMILES string of the molecule is CCCCCOC1C(OCCCC)c2cc(NCc3cccc(F)c3)ccc2OC1(C)C. The minimum absolute atomic E-state index is 0.192. The Morgan fingerprint density at radius 1 is 0.969 bits per heavy atom. The van der Waals surface area contributed by atoms with Gasteiger partial charge in [-0.25, -0.2) is 4.39 Å². The number of hydrogen-bond donors (Lipinski definition) is 1. The van der Waals surface area contributed by atoms with Crippen molar-refractivity contribution in [3.8, 4) is 5.75 Å². The summed E-state index contributed by atoms with van der Waals surface area (Å²) in [6.45, 7) is 10.4. The lowest BCUT2D eigenvalue weighted by Crippen LogP contribution is -2.51. The Morgan fingerprint density at radius 2 is 1.75 bits per heavy atom. The van der Waals surface area contributed by atoms with E-state index in [2.05, 4.69) is 39.1 Å². The predicted molar refractivity (Wildman–Crippen MR) is 128 cm³/mol. The smallest absolute Gasteiger partial charge is 0.132 e. The van der Waals surface area contributed by atoms with Gasteiger partial charge in [-0.15, -0.1) is 0 Å². The van der Waals surface area contributed by atoms with E-state index in [1.54, 1.807) is 12.1 Å². The Hall–Kier alpha value is -2.11. The summed E-state index contributed by atoms with van der Waals surface area (Å²) in [5.74, 6) is 0.610. The van der Waals surface area contributed by atoms with Crippen molar-refractivity contribution in [3.05, 3.63) is 59.4 Å². The van der Waals surface area contributed by atoms with Crippen molar-refractivity contribution in [2.75, 3.05) is 18.5 Å². The minimum Gasteiger partial charge on any atom is -0.485 e. The lowest BCUT2D eigenvalue weighted by Gasteiger charge is -2.44. The predicted octanol–water partition coefficient (Wildman–Crippen LogP) is 7.04. The molecular weight excluding hydrogens is 405 g/mol. The van der Waals surface area contributed by atoms with Crippen LogP contribution in [0.1, 0.15) is 77.0 Å². The molecule has 0 spiro atoms. The van der Waals surface area contributed by atoms with Crippen molar-refractivity contribution >= 4 is 5.69 Å². The van der Waals surface area contributed by atoms with Gasteiger partial charge in [0.1, 0.15) is 29.4 Å². The maximum Gasteiger partial charge on any atom is 0.132 e. The van der Waals surface area contributed by atoms with E-state index in [1.807, 2.05) is 18.2 Å². The van der Waals surface area contributed by atoms with Crippen LogP contribution in [0.3, 0.4) is 0 Å². The zero-order valence-corrected chi connectivity index (χ0v) is 20.0. The van der Waals surface area contributed by atoms with Gasteiger partial charge in [0, 0.05) is 31.0 Å². The van der Waals surface area contributed by atoms with Gasteiger partial charge < -0.3 is 19.5 Å². The molecule has 32 heavy (non-hydrogen) atoms. The summed E-state index contributed by atoms with van der Waals surface area (Å²) in [5.41, 5.74) is 2.36. The van der Waals surface area contributed by atoms with Crippen LogP contribution < -0.4 is 10.1 Å². The van der Waals surface area contributed by atoms with Crippen LogP contribution in [-0.4, -0.2) is 24.9 Å². The quantitative estimate of drug-likeness (QED) is 0.357. The molecule has 0 saturated carbocycles. The molecule has 0 fully saturated rings. The molecule has 0 aliphatic carbocycles. The van der Waals surface area contributed by atoms with E-state index in [0.717, 1.165) is 54.7 Å². The first-order valence-electron chi connectivity index (χ1n) is 12.0. The molecule has 176 valence electrons. The van der Waals surface area contributed by atoms with E-state index in [0.29, 0.717) is 19.8 Å². The number of nitrogens with one attached hydrogen (secondary N) is 1. The van der Waals surface area contributed by atoms with Crippen molar-refractivity contribution in [2.24, 2.45) is 0 Å². The maximum absolute atomic E-state index is 13.5. The Kier molecular flexibility index (Phi) is 8.94. The number of ether oxygens (including phenoxy) is 3. The lowest BCUT2D eigenvalue weighted by atomic mass is 9.87. The van der Waals surface area contributed by atoms with Crippen LogP contribution in [0.2, 0.25) is 0 Å². The van der Waals surface area contributed by atoms with Gasteiger partial charge in [-0.2, -0.15) is 0 Å². The molecule has 0 bridgehead atoms. The van der Waals surface area contributed by atoms with Crippen LogP contribution in [-0.2, 0) is 16.0 Å². The van der Waals surface area contributed by atoms with Gasteiger partial charge in [0.2, 0.25) is 0 Å². The van der Waals surface area contributed by atoms with Crippen molar-refractivity contribution < 1.29 is 18.6 Å². The standard InChI is InChI=1S/C27H38FNO3/c1-5-7-9-16-31-26-25(30-15-8-6-2)23-18-22(13-14-24(23)32-27(26,3)4)29-19-20-11-10-12-21(28)17-20/h10-14,17-18,25-26,29H,5-9,15-16,19H2,1-4H3. The van der Waals surface area contributed by atoms with Gasteiger partial charge in [0.15, 0.2) is 0 Å². The number of hydrogen-bond acceptors (Lipinski definition) is 4. The summed E-state index contributed by atoms with van der Waals surface area (Å²) < 4.78 is 32.7. The van der Waals surface area contributed by atoms with Crippen molar-refractivity contribution in [1.82, 2.24) is 0 Å². The third-order valence-electron chi connectivity index (χ3n) is 5.88. The largest absolute Gasteiger partial charge is 0.485 e. The third-order valence-corrected chi connectivity index (χ3v) is 5.88. The number of anilines is 1. The van der Waals surface area contributed by atoms with Gasteiger partial charge in [0.05, 0.1) is 0 Å². The first-order chi connectivity index (χ1) is 15.4. The van der Waals surface area contributed by atoms with Gasteiger partial charge in [-0.1, -0.05) is 45.2 Å². The van der Waals surface area contributed by atoms with Crippen LogP contribution in [0.15, 0.2) is 42.5 Å². The zero-order valence-electron chi connectivity index (χ0n) is 20.0. The normalized spacial score (nSPS) is 19.3. The van der Waals surface area contributed by atoms with Gasteiger partial charge in [-0.3, -0.25) is 0 Å². The Balaban J connectivity index is 1.81. The monoisotopic (exact) mass is 443 g/mol. The number of rotatable bonds is 12. The fourth-order valence-corrected chi connectivity index (χ4v) is 4.08. The van der Waals surface area contributed by atoms with Gasteiger partial charge in [-0.05, 0) is 62.6 Å². The van der Waals surface area contributed by atoms with Crippen LogP contribution in [0.4, 0.5) is 10.1 Å². The fourth-order valence-electron chi connectivity index (χ4n) is 4.08. The summed E-state index contributed by atoms with van der Waals surface area (Å²) >= 11 is 0. The molecule has 1 heterocycles. The van der Waals surface area contributed by atoms with Crippen LogP contribution >= 0.6 is 0 Å². The summed E-state index contributed by atoms with van der Waals surface area (Å²) in [5, 5.41) is 3.40. The molecule has 1 N–H and O–H groups in total. The average Bonchev–Trinajstić information content (AvgIpc) is 2.76. The second-order valence-corrected chi connectivity index (χ2v) is 9.09. The molecule has 1 aliphatic heterocycles. The summed E-state index contributed by atoms with van der Waals surface area (Å²) in [6.07, 6.45) is 5.05. The number of halogens is 1. The van der Waals surface area contributed by atoms with E-state index in [1.165, 1.54) is 6.07 Å². The Morgan fingerprint density at radius 3 is 2.50 bits per heavy atom. The molecule has 5 heteroatoms. The molecule has 0 radical (unpaired) electrons. The lowest BCUT2D eigenvalue weighted by molar-refractivity contribution is -0.163. The second-order valence-electron chi connectivity index (χ2n) is 9.09. The molecule has 4 nitrogen and oxygen atoms in total.